The molecule has 1 aromatic rings. The van der Waals surface area contributed by atoms with E-state index in [1.54, 1.807) is 11.8 Å². The molecule has 0 saturated carbocycles. The Bertz CT molecular complexity index is 558. The molecule has 26 heavy (non-hydrogen) atoms. The molecule has 2 N–H and O–H groups in total. The van der Waals surface area contributed by atoms with Crippen LogP contribution >= 0.6 is 35.7 Å². The van der Waals surface area contributed by atoms with Crippen LogP contribution in [0.15, 0.2) is 40.2 Å². The minimum absolute atomic E-state index is 0. The van der Waals surface area contributed by atoms with E-state index >= 15 is 0 Å². The number of likely N-dealkylation sites (N-methyl/N-ethyl adjacent to an activating group) is 1. The number of carbonyl (C=O) groups excluding carboxylic acids is 1. The molecular formula is C16H24F3IN4OS. The van der Waals surface area contributed by atoms with E-state index in [1.807, 2.05) is 37.3 Å². The zero-order valence-electron chi connectivity index (χ0n) is 14.7. The van der Waals surface area contributed by atoms with Gasteiger partial charge in [-0.1, -0.05) is 18.2 Å². The number of rotatable bonds is 8. The third-order valence-corrected chi connectivity index (χ3v) is 3.98. The fourth-order valence-electron chi connectivity index (χ4n) is 1.82. The molecule has 10 heteroatoms. The van der Waals surface area contributed by atoms with Gasteiger partial charge in [0.25, 0.3) is 0 Å². The summed E-state index contributed by atoms with van der Waals surface area (Å²) in [6.07, 6.45) is -4.41. The average molecular weight is 504 g/mol. The molecule has 0 aliphatic heterocycles. The highest BCUT2D eigenvalue weighted by atomic mass is 127. The Morgan fingerprint density at radius 3 is 2.46 bits per heavy atom. The van der Waals surface area contributed by atoms with Crippen molar-refractivity contribution in [3.05, 3.63) is 30.3 Å². The summed E-state index contributed by atoms with van der Waals surface area (Å²) in [5.41, 5.74) is 0. The van der Waals surface area contributed by atoms with Crippen LogP contribution in [0.4, 0.5) is 13.2 Å². The number of halogens is 4. The van der Waals surface area contributed by atoms with Crippen molar-refractivity contribution in [3.63, 3.8) is 0 Å². The minimum Gasteiger partial charge on any atom is -0.357 e. The molecule has 0 aliphatic carbocycles. The van der Waals surface area contributed by atoms with E-state index in [1.165, 1.54) is 0 Å². The first-order valence-electron chi connectivity index (χ1n) is 7.82. The highest BCUT2D eigenvalue weighted by Gasteiger charge is 2.30. The minimum atomic E-state index is -4.41. The van der Waals surface area contributed by atoms with Gasteiger partial charge in [-0.25, -0.2) is 4.99 Å². The standard InChI is InChI=1S/C16H23F3N4OS.HI/c1-3-20-15(21-9-10-25-13-7-5-4-6-8-13)22-11-14(24)23(2)12-16(17,18)19;/h4-8H,3,9-12H2,1-2H3,(H2,20,21,22);1H. The molecular weight excluding hydrogens is 480 g/mol. The van der Waals surface area contributed by atoms with E-state index in [0.29, 0.717) is 23.9 Å². The molecule has 0 unspecified atom stereocenters. The van der Waals surface area contributed by atoms with Gasteiger partial charge in [0.1, 0.15) is 13.1 Å². The van der Waals surface area contributed by atoms with E-state index in [0.717, 1.165) is 17.7 Å². The number of guanidine groups is 1. The van der Waals surface area contributed by atoms with Crippen molar-refractivity contribution in [2.75, 3.05) is 39.0 Å². The van der Waals surface area contributed by atoms with Crippen LogP contribution in [-0.2, 0) is 4.79 Å². The fourth-order valence-corrected chi connectivity index (χ4v) is 2.61. The number of hydrogen-bond acceptors (Lipinski definition) is 3. The topological polar surface area (TPSA) is 56.7 Å². The van der Waals surface area contributed by atoms with Crippen LogP contribution in [-0.4, -0.2) is 61.9 Å². The smallest absolute Gasteiger partial charge is 0.357 e. The van der Waals surface area contributed by atoms with E-state index in [-0.39, 0.29) is 30.5 Å². The predicted molar refractivity (Wildman–Crippen MR) is 110 cm³/mol. The van der Waals surface area contributed by atoms with Crippen LogP contribution in [0.25, 0.3) is 0 Å². The zero-order valence-corrected chi connectivity index (χ0v) is 17.8. The lowest BCUT2D eigenvalue weighted by molar-refractivity contribution is -0.157. The van der Waals surface area contributed by atoms with Gasteiger partial charge in [-0.3, -0.25) is 4.79 Å². The zero-order chi connectivity index (χ0) is 18.7. The molecule has 0 saturated heterocycles. The van der Waals surface area contributed by atoms with Gasteiger partial charge in [-0.05, 0) is 19.1 Å². The number of amides is 1. The number of nitrogens with zero attached hydrogens (tertiary/aromatic N) is 2. The molecule has 0 heterocycles. The van der Waals surface area contributed by atoms with Crippen LogP contribution < -0.4 is 10.6 Å². The van der Waals surface area contributed by atoms with Crippen LogP contribution in [0, 0.1) is 0 Å². The first-order chi connectivity index (χ1) is 11.8. The number of carbonyl (C=O) groups is 1. The summed E-state index contributed by atoms with van der Waals surface area (Å²) in [5.74, 6) is 0.509. The number of aliphatic imine (C=N–C) groups is 1. The summed E-state index contributed by atoms with van der Waals surface area (Å²) >= 11 is 1.67. The summed E-state index contributed by atoms with van der Waals surface area (Å²) in [4.78, 5) is 17.5. The molecule has 0 aromatic heterocycles. The second-order valence-electron chi connectivity index (χ2n) is 5.15. The second-order valence-corrected chi connectivity index (χ2v) is 6.32. The molecule has 5 nitrogen and oxygen atoms in total. The van der Waals surface area contributed by atoms with Gasteiger partial charge >= 0.3 is 6.18 Å². The lowest BCUT2D eigenvalue weighted by Crippen LogP contribution is -2.41. The third-order valence-electron chi connectivity index (χ3n) is 2.97. The predicted octanol–water partition coefficient (Wildman–Crippen LogP) is 2.97. The van der Waals surface area contributed by atoms with Crippen molar-refractivity contribution in [1.82, 2.24) is 15.5 Å². The first-order valence-corrected chi connectivity index (χ1v) is 8.81. The van der Waals surface area contributed by atoms with Crippen molar-refractivity contribution < 1.29 is 18.0 Å². The summed E-state index contributed by atoms with van der Waals surface area (Å²) in [6.45, 7) is 1.45. The van der Waals surface area contributed by atoms with E-state index in [9.17, 15) is 18.0 Å². The van der Waals surface area contributed by atoms with Crippen molar-refractivity contribution in [3.8, 4) is 0 Å². The van der Waals surface area contributed by atoms with Crippen molar-refractivity contribution in [2.45, 2.75) is 18.0 Å². The van der Waals surface area contributed by atoms with Gasteiger partial charge in [0, 0.05) is 30.8 Å². The fraction of sp³-hybridized carbons (Fsp3) is 0.500. The van der Waals surface area contributed by atoms with Gasteiger partial charge < -0.3 is 15.5 Å². The van der Waals surface area contributed by atoms with Crippen molar-refractivity contribution >= 4 is 47.6 Å². The third kappa shape index (κ3) is 11.4. The largest absolute Gasteiger partial charge is 0.406 e. The lowest BCUT2D eigenvalue weighted by Gasteiger charge is -2.18. The molecule has 0 atom stereocenters. The van der Waals surface area contributed by atoms with Gasteiger partial charge in [-0.2, -0.15) is 13.2 Å². The molecule has 0 bridgehead atoms. The summed E-state index contributed by atoms with van der Waals surface area (Å²) < 4.78 is 36.8. The quantitative estimate of drug-likeness (QED) is 0.188. The molecule has 1 amide bonds. The maximum atomic E-state index is 12.3. The highest BCUT2D eigenvalue weighted by molar-refractivity contribution is 14.0. The molecule has 1 aromatic carbocycles. The van der Waals surface area contributed by atoms with Gasteiger partial charge in [0.15, 0.2) is 5.96 Å². The molecule has 0 fully saturated rings. The SMILES string of the molecule is CCNC(=NCC(=O)N(C)CC(F)(F)F)NCCSc1ccccc1.I. The lowest BCUT2D eigenvalue weighted by atomic mass is 10.4. The Morgan fingerprint density at radius 1 is 1.23 bits per heavy atom. The van der Waals surface area contributed by atoms with Crippen molar-refractivity contribution in [2.24, 2.45) is 4.99 Å². The number of hydrogen-bond donors (Lipinski definition) is 2. The summed E-state index contributed by atoms with van der Waals surface area (Å²) in [5, 5.41) is 6.02. The van der Waals surface area contributed by atoms with Crippen LogP contribution in [0.3, 0.4) is 0 Å². The molecule has 148 valence electrons. The van der Waals surface area contributed by atoms with Gasteiger partial charge in [0.2, 0.25) is 5.91 Å². The second kappa shape index (κ2) is 13.1. The van der Waals surface area contributed by atoms with Crippen LogP contribution in [0.2, 0.25) is 0 Å². The van der Waals surface area contributed by atoms with E-state index < -0.39 is 18.6 Å². The monoisotopic (exact) mass is 504 g/mol. The number of nitrogens with one attached hydrogen (secondary N) is 2. The number of thioether (sulfide) groups is 1. The van der Waals surface area contributed by atoms with Crippen molar-refractivity contribution in [1.29, 1.82) is 0 Å². The molecule has 1 rings (SSSR count). The van der Waals surface area contributed by atoms with Gasteiger partial charge in [-0.15, -0.1) is 35.7 Å². The summed E-state index contributed by atoms with van der Waals surface area (Å²) in [7, 11) is 1.11. The summed E-state index contributed by atoms with van der Waals surface area (Å²) in [6, 6.07) is 9.90. The Balaban J connectivity index is 0.00000625. The number of alkyl halides is 3. The maximum absolute atomic E-state index is 12.3. The Kier molecular flexibility index (Phi) is 12.5. The normalized spacial score (nSPS) is 11.5. The van der Waals surface area contributed by atoms with Crippen LogP contribution in [0.5, 0.6) is 0 Å². The number of benzene rings is 1. The van der Waals surface area contributed by atoms with E-state index in [4.69, 9.17) is 0 Å². The molecule has 0 radical (unpaired) electrons. The van der Waals surface area contributed by atoms with Crippen LogP contribution in [0.1, 0.15) is 6.92 Å². The highest BCUT2D eigenvalue weighted by Crippen LogP contribution is 2.16. The first kappa shape index (κ1) is 24.8. The average Bonchev–Trinajstić information content (AvgIpc) is 2.55. The Hall–Kier alpha value is -1.17. The Labute approximate surface area is 173 Å². The maximum Gasteiger partial charge on any atom is 0.406 e. The molecule has 0 spiro atoms. The van der Waals surface area contributed by atoms with E-state index in [2.05, 4.69) is 15.6 Å². The molecule has 0 aliphatic rings. The van der Waals surface area contributed by atoms with Gasteiger partial charge in [0.05, 0.1) is 0 Å². The Morgan fingerprint density at radius 2 is 1.88 bits per heavy atom.